The molecule has 5 heteroatoms. The first-order valence-electron chi connectivity index (χ1n) is 6.99. The zero-order valence-electron chi connectivity index (χ0n) is 12.0. The molecule has 0 aromatic heterocycles. The molecule has 0 unspecified atom stereocenters. The third kappa shape index (κ3) is 5.22. The van der Waals surface area contributed by atoms with Gasteiger partial charge in [0.2, 0.25) is 0 Å². The SMILES string of the molecule is O=C(NCCc1ccc(Cl)cc1)C(=O)NCc1ccccc1. The third-order valence-corrected chi connectivity index (χ3v) is 3.37. The Balaban J connectivity index is 1.70. The Hall–Kier alpha value is -2.33. The largest absolute Gasteiger partial charge is 0.348 e. The van der Waals surface area contributed by atoms with Crippen molar-refractivity contribution in [3.05, 3.63) is 70.7 Å². The Bertz CT molecular complexity index is 627. The van der Waals surface area contributed by atoms with E-state index in [-0.39, 0.29) is 0 Å². The second-order valence-electron chi connectivity index (χ2n) is 4.80. The maximum atomic E-state index is 11.7. The Morgan fingerprint density at radius 1 is 0.818 bits per heavy atom. The van der Waals surface area contributed by atoms with E-state index in [4.69, 9.17) is 11.6 Å². The van der Waals surface area contributed by atoms with E-state index in [2.05, 4.69) is 10.6 Å². The first-order chi connectivity index (χ1) is 10.6. The zero-order valence-corrected chi connectivity index (χ0v) is 12.8. The Morgan fingerprint density at radius 2 is 1.45 bits per heavy atom. The Labute approximate surface area is 134 Å². The third-order valence-electron chi connectivity index (χ3n) is 3.11. The molecule has 4 nitrogen and oxygen atoms in total. The monoisotopic (exact) mass is 316 g/mol. The maximum Gasteiger partial charge on any atom is 0.309 e. The number of benzene rings is 2. The van der Waals surface area contributed by atoms with E-state index in [1.54, 1.807) is 12.1 Å². The van der Waals surface area contributed by atoms with Gasteiger partial charge in [-0.1, -0.05) is 54.1 Å². The second kappa shape index (κ2) is 8.20. The Kier molecular flexibility index (Phi) is 5.98. The van der Waals surface area contributed by atoms with Gasteiger partial charge in [0, 0.05) is 18.1 Å². The summed E-state index contributed by atoms with van der Waals surface area (Å²) in [6, 6.07) is 16.8. The van der Waals surface area contributed by atoms with Crippen LogP contribution in [0.3, 0.4) is 0 Å². The summed E-state index contributed by atoms with van der Waals surface area (Å²) < 4.78 is 0. The fourth-order valence-electron chi connectivity index (χ4n) is 1.91. The van der Waals surface area contributed by atoms with E-state index in [0.717, 1.165) is 11.1 Å². The molecular weight excluding hydrogens is 300 g/mol. The van der Waals surface area contributed by atoms with E-state index in [1.807, 2.05) is 42.5 Å². The maximum absolute atomic E-state index is 11.7. The number of amides is 2. The van der Waals surface area contributed by atoms with E-state index >= 15 is 0 Å². The van der Waals surface area contributed by atoms with Crippen molar-refractivity contribution in [1.82, 2.24) is 10.6 Å². The molecule has 114 valence electrons. The van der Waals surface area contributed by atoms with Gasteiger partial charge in [-0.3, -0.25) is 9.59 Å². The molecule has 2 aromatic carbocycles. The minimum Gasteiger partial charge on any atom is -0.348 e. The highest BCUT2D eigenvalue weighted by molar-refractivity contribution is 6.35. The summed E-state index contributed by atoms with van der Waals surface area (Å²) in [6.07, 6.45) is 0.648. The van der Waals surface area contributed by atoms with Crippen LogP contribution in [0.4, 0.5) is 0 Å². The lowest BCUT2D eigenvalue weighted by Crippen LogP contribution is -2.40. The molecule has 2 N–H and O–H groups in total. The van der Waals surface area contributed by atoms with Crippen LogP contribution in [0.25, 0.3) is 0 Å². The van der Waals surface area contributed by atoms with E-state index in [9.17, 15) is 9.59 Å². The topological polar surface area (TPSA) is 58.2 Å². The summed E-state index contributed by atoms with van der Waals surface area (Å²) in [5.74, 6) is -1.25. The predicted octanol–water partition coefficient (Wildman–Crippen LogP) is 2.32. The van der Waals surface area contributed by atoms with Crippen LogP contribution in [-0.2, 0) is 22.6 Å². The molecule has 0 bridgehead atoms. The number of halogens is 1. The molecule has 0 saturated carbocycles. The zero-order chi connectivity index (χ0) is 15.8. The normalized spacial score (nSPS) is 10.0. The van der Waals surface area contributed by atoms with Gasteiger partial charge in [0.05, 0.1) is 0 Å². The number of nitrogens with one attached hydrogen (secondary N) is 2. The van der Waals surface area contributed by atoms with Crippen molar-refractivity contribution in [2.24, 2.45) is 0 Å². The summed E-state index contributed by atoms with van der Waals surface area (Å²) >= 11 is 5.80. The van der Waals surface area contributed by atoms with Gasteiger partial charge in [0.15, 0.2) is 0 Å². The van der Waals surface area contributed by atoms with E-state index in [0.29, 0.717) is 24.5 Å². The van der Waals surface area contributed by atoms with Crippen molar-refractivity contribution in [1.29, 1.82) is 0 Å². The average molecular weight is 317 g/mol. The summed E-state index contributed by atoms with van der Waals surface area (Å²) in [6.45, 7) is 0.740. The van der Waals surface area contributed by atoms with Gasteiger partial charge in [-0.05, 0) is 29.7 Å². The standard InChI is InChI=1S/C17H17ClN2O2/c18-15-8-6-13(7-9-15)10-11-19-16(21)17(22)20-12-14-4-2-1-3-5-14/h1-9H,10-12H2,(H,19,21)(H,20,22). The fraction of sp³-hybridized carbons (Fsp3) is 0.176. The molecule has 2 amide bonds. The lowest BCUT2D eigenvalue weighted by molar-refractivity contribution is -0.139. The summed E-state index contributed by atoms with van der Waals surface area (Å²) in [7, 11) is 0. The lowest BCUT2D eigenvalue weighted by atomic mass is 10.1. The molecule has 0 heterocycles. The van der Waals surface area contributed by atoms with Crippen molar-refractivity contribution < 1.29 is 9.59 Å². The van der Waals surface area contributed by atoms with Crippen LogP contribution >= 0.6 is 11.6 Å². The molecule has 0 aliphatic heterocycles. The molecule has 0 radical (unpaired) electrons. The molecule has 0 aliphatic rings. The van der Waals surface area contributed by atoms with Crippen LogP contribution in [0.5, 0.6) is 0 Å². The van der Waals surface area contributed by atoms with Crippen molar-refractivity contribution in [3.8, 4) is 0 Å². The van der Waals surface area contributed by atoms with Crippen molar-refractivity contribution in [2.45, 2.75) is 13.0 Å². The van der Waals surface area contributed by atoms with Crippen LogP contribution in [-0.4, -0.2) is 18.4 Å². The van der Waals surface area contributed by atoms with Crippen LogP contribution in [0.15, 0.2) is 54.6 Å². The van der Waals surface area contributed by atoms with Gasteiger partial charge < -0.3 is 10.6 Å². The molecule has 0 saturated heterocycles. The quantitative estimate of drug-likeness (QED) is 0.832. The first kappa shape index (κ1) is 16.0. The van der Waals surface area contributed by atoms with Gasteiger partial charge in [0.1, 0.15) is 0 Å². The lowest BCUT2D eigenvalue weighted by Gasteiger charge is -2.07. The number of rotatable bonds is 5. The molecule has 0 fully saturated rings. The van der Waals surface area contributed by atoms with E-state index in [1.165, 1.54) is 0 Å². The van der Waals surface area contributed by atoms with Crippen molar-refractivity contribution >= 4 is 23.4 Å². The average Bonchev–Trinajstić information content (AvgIpc) is 2.55. The van der Waals surface area contributed by atoms with Crippen molar-refractivity contribution in [2.75, 3.05) is 6.54 Å². The molecular formula is C17H17ClN2O2. The number of carbonyl (C=O) groups excluding carboxylic acids is 2. The predicted molar refractivity (Wildman–Crippen MR) is 86.5 cm³/mol. The van der Waals surface area contributed by atoms with Crippen molar-refractivity contribution in [3.63, 3.8) is 0 Å². The first-order valence-corrected chi connectivity index (χ1v) is 7.37. The molecule has 2 rings (SSSR count). The van der Waals surface area contributed by atoms with Crippen LogP contribution in [0.2, 0.25) is 5.02 Å². The van der Waals surface area contributed by atoms with Crippen LogP contribution in [0, 0.1) is 0 Å². The van der Waals surface area contributed by atoms with Gasteiger partial charge >= 0.3 is 11.8 Å². The molecule has 0 atom stereocenters. The number of hydrogen-bond acceptors (Lipinski definition) is 2. The number of carbonyl (C=O) groups is 2. The van der Waals surface area contributed by atoms with Crippen LogP contribution < -0.4 is 10.6 Å². The van der Waals surface area contributed by atoms with E-state index < -0.39 is 11.8 Å². The molecule has 2 aromatic rings. The highest BCUT2D eigenvalue weighted by atomic mass is 35.5. The Morgan fingerprint density at radius 3 is 2.14 bits per heavy atom. The molecule has 22 heavy (non-hydrogen) atoms. The van der Waals surface area contributed by atoms with Crippen LogP contribution in [0.1, 0.15) is 11.1 Å². The smallest absolute Gasteiger partial charge is 0.309 e. The minimum atomic E-state index is -0.625. The molecule has 0 aliphatic carbocycles. The summed E-state index contributed by atoms with van der Waals surface area (Å²) in [5.41, 5.74) is 2.00. The van der Waals surface area contributed by atoms with Gasteiger partial charge in [-0.2, -0.15) is 0 Å². The van der Waals surface area contributed by atoms with Gasteiger partial charge in [-0.25, -0.2) is 0 Å². The highest BCUT2D eigenvalue weighted by Crippen LogP contribution is 2.09. The number of hydrogen-bond donors (Lipinski definition) is 2. The highest BCUT2D eigenvalue weighted by Gasteiger charge is 2.11. The van der Waals surface area contributed by atoms with Gasteiger partial charge in [0.25, 0.3) is 0 Å². The summed E-state index contributed by atoms with van der Waals surface area (Å²) in [5, 5.41) is 5.86. The van der Waals surface area contributed by atoms with Gasteiger partial charge in [-0.15, -0.1) is 0 Å². The minimum absolute atomic E-state index is 0.338. The molecule has 0 spiro atoms. The second-order valence-corrected chi connectivity index (χ2v) is 5.24. The fourth-order valence-corrected chi connectivity index (χ4v) is 2.04. The summed E-state index contributed by atoms with van der Waals surface area (Å²) in [4.78, 5) is 23.3.